The Morgan fingerprint density at radius 2 is 1.80 bits per heavy atom. The fourth-order valence-electron chi connectivity index (χ4n) is 1.94. The van der Waals surface area contributed by atoms with E-state index in [4.69, 9.17) is 5.11 Å². The third kappa shape index (κ3) is 2.83. The van der Waals surface area contributed by atoms with Gasteiger partial charge in [-0.05, 0) is 37.6 Å². The van der Waals surface area contributed by atoms with E-state index in [1.807, 2.05) is 13.0 Å². The summed E-state index contributed by atoms with van der Waals surface area (Å²) < 4.78 is 0. The van der Waals surface area contributed by atoms with Crippen LogP contribution in [0.4, 0.5) is 5.82 Å². The number of hydrogen-bond donors (Lipinski definition) is 2. The van der Waals surface area contributed by atoms with Crippen LogP contribution < -0.4 is 5.32 Å². The topological polar surface area (TPSA) is 79.3 Å². The molecule has 2 N–H and O–H groups in total. The molecule has 5 heteroatoms. The standard InChI is InChI=1S/C15H14N2O3/c1-9-5-3-7-11(15(19)20)13(9)14(18)17-12-8-4-6-10(2)16-12/h3-8H,1-2H3,(H,19,20)(H,16,17,18). The van der Waals surface area contributed by atoms with E-state index in [2.05, 4.69) is 10.3 Å². The Balaban J connectivity index is 2.37. The summed E-state index contributed by atoms with van der Waals surface area (Å²) in [7, 11) is 0. The first kappa shape index (κ1) is 13.7. The van der Waals surface area contributed by atoms with Crippen LogP contribution in [0, 0.1) is 13.8 Å². The monoisotopic (exact) mass is 270 g/mol. The molecule has 0 atom stereocenters. The van der Waals surface area contributed by atoms with Gasteiger partial charge in [0, 0.05) is 5.69 Å². The van der Waals surface area contributed by atoms with Crippen molar-refractivity contribution >= 4 is 17.7 Å². The number of carboxylic acid groups (broad SMARTS) is 1. The number of carboxylic acids is 1. The Labute approximate surface area is 116 Å². The average Bonchev–Trinajstić information content (AvgIpc) is 2.38. The van der Waals surface area contributed by atoms with Crippen LogP contribution in [0.2, 0.25) is 0 Å². The number of amides is 1. The Hall–Kier alpha value is -2.69. The molecule has 0 saturated heterocycles. The lowest BCUT2D eigenvalue weighted by molar-refractivity contribution is 0.0692. The number of aromatic nitrogens is 1. The second-order valence-electron chi connectivity index (χ2n) is 4.42. The van der Waals surface area contributed by atoms with E-state index in [0.717, 1.165) is 5.69 Å². The number of aromatic carboxylic acids is 1. The molecule has 1 aromatic carbocycles. The quantitative estimate of drug-likeness (QED) is 0.898. The molecule has 5 nitrogen and oxygen atoms in total. The molecule has 0 fully saturated rings. The molecule has 1 amide bonds. The largest absolute Gasteiger partial charge is 0.478 e. The summed E-state index contributed by atoms with van der Waals surface area (Å²) in [4.78, 5) is 27.6. The zero-order valence-corrected chi connectivity index (χ0v) is 11.2. The Morgan fingerprint density at radius 3 is 2.45 bits per heavy atom. The van der Waals surface area contributed by atoms with E-state index < -0.39 is 11.9 Å². The molecule has 102 valence electrons. The normalized spacial score (nSPS) is 10.1. The van der Waals surface area contributed by atoms with E-state index in [-0.39, 0.29) is 11.1 Å². The third-order valence-electron chi connectivity index (χ3n) is 2.86. The van der Waals surface area contributed by atoms with Crippen molar-refractivity contribution in [1.82, 2.24) is 4.98 Å². The molecule has 0 bridgehead atoms. The maximum atomic E-state index is 12.3. The number of carbonyl (C=O) groups excluding carboxylic acids is 1. The highest BCUT2D eigenvalue weighted by Gasteiger charge is 2.18. The van der Waals surface area contributed by atoms with Crippen LogP contribution in [0.3, 0.4) is 0 Å². The summed E-state index contributed by atoms with van der Waals surface area (Å²) in [5, 5.41) is 11.8. The van der Waals surface area contributed by atoms with Crippen molar-refractivity contribution in [2.75, 3.05) is 5.32 Å². The molecule has 0 unspecified atom stereocenters. The van der Waals surface area contributed by atoms with Crippen molar-refractivity contribution in [2.24, 2.45) is 0 Å². The maximum Gasteiger partial charge on any atom is 0.336 e. The number of nitrogens with zero attached hydrogens (tertiary/aromatic N) is 1. The molecule has 20 heavy (non-hydrogen) atoms. The first-order valence-corrected chi connectivity index (χ1v) is 6.07. The molecular formula is C15H14N2O3. The third-order valence-corrected chi connectivity index (χ3v) is 2.86. The second-order valence-corrected chi connectivity index (χ2v) is 4.42. The number of hydrogen-bond acceptors (Lipinski definition) is 3. The van der Waals surface area contributed by atoms with Crippen LogP contribution in [0.1, 0.15) is 32.0 Å². The predicted molar refractivity (Wildman–Crippen MR) is 75.1 cm³/mol. The number of pyridine rings is 1. The van der Waals surface area contributed by atoms with Gasteiger partial charge in [-0.3, -0.25) is 4.79 Å². The van der Waals surface area contributed by atoms with E-state index >= 15 is 0 Å². The van der Waals surface area contributed by atoms with Crippen LogP contribution in [-0.2, 0) is 0 Å². The van der Waals surface area contributed by atoms with Gasteiger partial charge in [0.25, 0.3) is 5.91 Å². The van der Waals surface area contributed by atoms with E-state index in [0.29, 0.717) is 11.4 Å². The summed E-state index contributed by atoms with van der Waals surface area (Å²) >= 11 is 0. The molecule has 0 radical (unpaired) electrons. The molecule has 2 rings (SSSR count). The van der Waals surface area contributed by atoms with Gasteiger partial charge < -0.3 is 10.4 Å². The zero-order valence-electron chi connectivity index (χ0n) is 11.2. The fourth-order valence-corrected chi connectivity index (χ4v) is 1.94. The van der Waals surface area contributed by atoms with Crippen molar-refractivity contribution in [1.29, 1.82) is 0 Å². The minimum absolute atomic E-state index is 0.0184. The summed E-state index contributed by atoms with van der Waals surface area (Å²) in [5.41, 5.74) is 1.51. The smallest absolute Gasteiger partial charge is 0.336 e. The van der Waals surface area contributed by atoms with E-state index in [1.54, 1.807) is 31.2 Å². The molecule has 0 aliphatic heterocycles. The highest BCUT2D eigenvalue weighted by atomic mass is 16.4. The maximum absolute atomic E-state index is 12.3. The first-order chi connectivity index (χ1) is 9.49. The summed E-state index contributed by atoms with van der Waals surface area (Å²) in [6.07, 6.45) is 0. The molecule has 1 aromatic heterocycles. The second kappa shape index (κ2) is 5.52. The summed E-state index contributed by atoms with van der Waals surface area (Å²) in [6, 6.07) is 9.96. The summed E-state index contributed by atoms with van der Waals surface area (Å²) in [5.74, 6) is -1.20. The van der Waals surface area contributed by atoms with E-state index in [9.17, 15) is 9.59 Å². The van der Waals surface area contributed by atoms with Crippen LogP contribution in [0.25, 0.3) is 0 Å². The Kier molecular flexibility index (Phi) is 3.79. The van der Waals surface area contributed by atoms with Crippen LogP contribution in [0.15, 0.2) is 36.4 Å². The van der Waals surface area contributed by atoms with Crippen molar-refractivity contribution in [3.8, 4) is 0 Å². The Bertz CT molecular complexity index is 681. The van der Waals surface area contributed by atoms with Crippen molar-refractivity contribution < 1.29 is 14.7 Å². The van der Waals surface area contributed by atoms with Gasteiger partial charge in [0.1, 0.15) is 5.82 Å². The van der Waals surface area contributed by atoms with E-state index in [1.165, 1.54) is 6.07 Å². The number of rotatable bonds is 3. The van der Waals surface area contributed by atoms with Crippen LogP contribution in [0.5, 0.6) is 0 Å². The van der Waals surface area contributed by atoms with Crippen LogP contribution in [-0.4, -0.2) is 22.0 Å². The highest BCUT2D eigenvalue weighted by Crippen LogP contribution is 2.16. The molecule has 0 spiro atoms. The molecule has 0 saturated carbocycles. The predicted octanol–water partition coefficient (Wildman–Crippen LogP) is 2.65. The van der Waals surface area contributed by atoms with Gasteiger partial charge in [-0.25, -0.2) is 9.78 Å². The lowest BCUT2D eigenvalue weighted by Crippen LogP contribution is -2.18. The number of nitrogens with one attached hydrogen (secondary N) is 1. The van der Waals surface area contributed by atoms with Gasteiger partial charge in [-0.2, -0.15) is 0 Å². The van der Waals surface area contributed by atoms with Gasteiger partial charge in [0.2, 0.25) is 0 Å². The lowest BCUT2D eigenvalue weighted by atomic mass is 10.0. The SMILES string of the molecule is Cc1cccc(NC(=O)c2c(C)cccc2C(=O)O)n1. The van der Waals surface area contributed by atoms with Gasteiger partial charge in [0.05, 0.1) is 11.1 Å². The number of benzene rings is 1. The molecule has 1 heterocycles. The van der Waals surface area contributed by atoms with Crippen molar-refractivity contribution in [3.63, 3.8) is 0 Å². The van der Waals surface area contributed by atoms with Gasteiger partial charge in [0.15, 0.2) is 0 Å². The number of anilines is 1. The molecule has 0 aliphatic rings. The molecule has 0 aliphatic carbocycles. The molecular weight excluding hydrogens is 256 g/mol. The van der Waals surface area contributed by atoms with Gasteiger partial charge in [-0.1, -0.05) is 18.2 Å². The number of aryl methyl sites for hydroxylation is 2. The highest BCUT2D eigenvalue weighted by molar-refractivity contribution is 6.11. The minimum Gasteiger partial charge on any atom is -0.478 e. The van der Waals surface area contributed by atoms with Gasteiger partial charge in [-0.15, -0.1) is 0 Å². The molecule has 2 aromatic rings. The number of carbonyl (C=O) groups is 2. The van der Waals surface area contributed by atoms with Crippen LogP contribution >= 0.6 is 0 Å². The average molecular weight is 270 g/mol. The fraction of sp³-hybridized carbons (Fsp3) is 0.133. The van der Waals surface area contributed by atoms with Crippen molar-refractivity contribution in [2.45, 2.75) is 13.8 Å². The minimum atomic E-state index is -1.13. The van der Waals surface area contributed by atoms with Crippen molar-refractivity contribution in [3.05, 3.63) is 58.8 Å². The zero-order chi connectivity index (χ0) is 14.7. The lowest BCUT2D eigenvalue weighted by Gasteiger charge is -2.10. The Morgan fingerprint density at radius 1 is 1.10 bits per heavy atom. The summed E-state index contributed by atoms with van der Waals surface area (Å²) in [6.45, 7) is 3.51. The first-order valence-electron chi connectivity index (χ1n) is 6.07. The van der Waals surface area contributed by atoms with Gasteiger partial charge >= 0.3 is 5.97 Å².